The summed E-state index contributed by atoms with van der Waals surface area (Å²) in [5.74, 6) is 0.142. The average molecular weight is 310 g/mol. The molecule has 0 unspecified atom stereocenters. The van der Waals surface area contributed by atoms with Crippen LogP contribution in [0.25, 0.3) is 0 Å². The number of para-hydroxylation sites is 1. The number of anilines is 1. The summed E-state index contributed by atoms with van der Waals surface area (Å²) >= 11 is 0. The fraction of sp³-hybridized carbons (Fsp3) is 0.333. The summed E-state index contributed by atoms with van der Waals surface area (Å²) in [6.45, 7) is 0.677. The van der Waals surface area contributed by atoms with Gasteiger partial charge in [0.2, 0.25) is 5.91 Å². The molecule has 2 fully saturated rings. The van der Waals surface area contributed by atoms with Crippen molar-refractivity contribution in [1.29, 1.82) is 0 Å². The zero-order valence-corrected chi connectivity index (χ0v) is 12.7. The number of carbonyl (C=O) groups excluding carboxylic acids is 2. The smallest absolute Gasteiger partial charge is 0.257 e. The van der Waals surface area contributed by atoms with Gasteiger partial charge in [-0.25, -0.2) is 0 Å². The second-order valence-corrected chi connectivity index (χ2v) is 6.07. The lowest BCUT2D eigenvalue weighted by Gasteiger charge is -2.39. The van der Waals surface area contributed by atoms with E-state index in [1.807, 2.05) is 40.1 Å². The van der Waals surface area contributed by atoms with Crippen LogP contribution >= 0.6 is 0 Å². The van der Waals surface area contributed by atoms with Gasteiger partial charge in [0.05, 0.1) is 23.9 Å². The molecule has 1 aromatic carbocycles. The Bertz CT molecular complexity index is 711. The zero-order chi connectivity index (χ0) is 15.8. The van der Waals surface area contributed by atoms with E-state index in [1.54, 1.807) is 6.07 Å². The number of hydrogen-bond acceptors (Lipinski definition) is 3. The van der Waals surface area contributed by atoms with Gasteiger partial charge in [0.1, 0.15) is 6.26 Å². The maximum absolute atomic E-state index is 12.7. The molecule has 0 N–H and O–H groups in total. The molecule has 2 aliphatic rings. The highest BCUT2D eigenvalue weighted by atomic mass is 16.3. The SMILES string of the molecule is O=C(c1ccoc1)N1CC[C@H]2[C@@H]1CCC(=O)N2c1ccccc1. The molecular weight excluding hydrogens is 292 g/mol. The standard InChI is InChI=1S/C18H18N2O3/c21-17-7-6-15-16(20(17)14-4-2-1-3-5-14)8-10-19(15)18(22)13-9-11-23-12-13/h1-5,9,11-12,15-16H,6-8,10H2/t15-,16-/m0/s1. The summed E-state index contributed by atoms with van der Waals surface area (Å²) < 4.78 is 5.03. The molecule has 5 heteroatoms. The minimum Gasteiger partial charge on any atom is -0.472 e. The van der Waals surface area contributed by atoms with Crippen molar-refractivity contribution in [2.24, 2.45) is 0 Å². The van der Waals surface area contributed by atoms with Crippen molar-refractivity contribution in [1.82, 2.24) is 4.90 Å². The Labute approximate surface area is 134 Å². The van der Waals surface area contributed by atoms with Crippen molar-refractivity contribution < 1.29 is 14.0 Å². The van der Waals surface area contributed by atoms with E-state index in [0.29, 0.717) is 18.5 Å². The number of piperidine rings is 1. The van der Waals surface area contributed by atoms with Gasteiger partial charge >= 0.3 is 0 Å². The van der Waals surface area contributed by atoms with Gasteiger partial charge in [-0.3, -0.25) is 9.59 Å². The van der Waals surface area contributed by atoms with Gasteiger partial charge in [0, 0.05) is 18.7 Å². The molecule has 2 saturated heterocycles. The summed E-state index contributed by atoms with van der Waals surface area (Å²) in [6.07, 6.45) is 5.02. The molecule has 118 valence electrons. The van der Waals surface area contributed by atoms with Crippen LogP contribution in [0.1, 0.15) is 29.6 Å². The van der Waals surface area contributed by atoms with E-state index >= 15 is 0 Å². The number of nitrogens with zero attached hydrogens (tertiary/aromatic N) is 2. The monoisotopic (exact) mass is 310 g/mol. The third-order valence-corrected chi connectivity index (χ3v) is 4.83. The van der Waals surface area contributed by atoms with E-state index < -0.39 is 0 Å². The molecule has 3 heterocycles. The first-order valence-electron chi connectivity index (χ1n) is 7.96. The predicted molar refractivity (Wildman–Crippen MR) is 85.1 cm³/mol. The van der Waals surface area contributed by atoms with E-state index in [9.17, 15) is 9.59 Å². The van der Waals surface area contributed by atoms with Crippen LogP contribution in [0.3, 0.4) is 0 Å². The van der Waals surface area contributed by atoms with Gasteiger partial charge in [-0.2, -0.15) is 0 Å². The number of carbonyl (C=O) groups is 2. The van der Waals surface area contributed by atoms with Crippen molar-refractivity contribution in [3.8, 4) is 0 Å². The molecule has 2 aliphatic heterocycles. The minimum atomic E-state index is -0.00592. The van der Waals surface area contributed by atoms with Gasteiger partial charge in [0.25, 0.3) is 5.91 Å². The lowest BCUT2D eigenvalue weighted by molar-refractivity contribution is -0.120. The molecule has 23 heavy (non-hydrogen) atoms. The highest BCUT2D eigenvalue weighted by Crippen LogP contribution is 2.35. The summed E-state index contributed by atoms with van der Waals surface area (Å²) in [5, 5.41) is 0. The van der Waals surface area contributed by atoms with Crippen molar-refractivity contribution >= 4 is 17.5 Å². The fourth-order valence-corrected chi connectivity index (χ4v) is 3.79. The van der Waals surface area contributed by atoms with Crippen molar-refractivity contribution in [3.05, 3.63) is 54.5 Å². The second-order valence-electron chi connectivity index (χ2n) is 6.07. The Morgan fingerprint density at radius 1 is 1.09 bits per heavy atom. The molecule has 0 spiro atoms. The Morgan fingerprint density at radius 3 is 2.65 bits per heavy atom. The number of fused-ring (bicyclic) bond motifs is 1. The predicted octanol–water partition coefficient (Wildman–Crippen LogP) is 2.69. The molecule has 0 saturated carbocycles. The van der Waals surface area contributed by atoms with Crippen LogP contribution in [0.4, 0.5) is 5.69 Å². The minimum absolute atomic E-state index is 0.00592. The van der Waals surface area contributed by atoms with Crippen LogP contribution in [-0.2, 0) is 4.79 Å². The fourth-order valence-electron chi connectivity index (χ4n) is 3.79. The molecule has 2 amide bonds. The van der Waals surface area contributed by atoms with Gasteiger partial charge in [-0.15, -0.1) is 0 Å². The molecule has 1 aromatic heterocycles. The molecular formula is C18H18N2O3. The largest absolute Gasteiger partial charge is 0.472 e. The molecule has 4 rings (SSSR count). The molecule has 2 aromatic rings. The second kappa shape index (κ2) is 5.57. The Hall–Kier alpha value is -2.56. The van der Waals surface area contributed by atoms with Crippen LogP contribution in [0.15, 0.2) is 53.3 Å². The van der Waals surface area contributed by atoms with E-state index in [-0.39, 0.29) is 23.9 Å². The average Bonchev–Trinajstić information content (AvgIpc) is 3.24. The summed E-state index contributed by atoms with van der Waals surface area (Å²) in [7, 11) is 0. The van der Waals surface area contributed by atoms with Crippen LogP contribution in [-0.4, -0.2) is 35.3 Å². The van der Waals surface area contributed by atoms with Crippen LogP contribution in [0.2, 0.25) is 0 Å². The maximum Gasteiger partial charge on any atom is 0.257 e. The van der Waals surface area contributed by atoms with Crippen LogP contribution < -0.4 is 4.90 Å². The number of hydrogen-bond donors (Lipinski definition) is 0. The zero-order valence-electron chi connectivity index (χ0n) is 12.7. The van der Waals surface area contributed by atoms with E-state index in [4.69, 9.17) is 4.42 Å². The van der Waals surface area contributed by atoms with Crippen molar-refractivity contribution in [2.45, 2.75) is 31.3 Å². The number of benzene rings is 1. The highest BCUT2D eigenvalue weighted by molar-refractivity contribution is 5.97. The molecule has 5 nitrogen and oxygen atoms in total. The van der Waals surface area contributed by atoms with E-state index in [1.165, 1.54) is 12.5 Å². The first kappa shape index (κ1) is 14.1. The number of amides is 2. The molecule has 0 radical (unpaired) electrons. The van der Waals surface area contributed by atoms with Gasteiger partial charge in [-0.1, -0.05) is 18.2 Å². The van der Waals surface area contributed by atoms with Gasteiger partial charge in [0.15, 0.2) is 0 Å². The Kier molecular flexibility index (Phi) is 3.41. The third kappa shape index (κ3) is 2.32. The van der Waals surface area contributed by atoms with E-state index in [2.05, 4.69) is 0 Å². The van der Waals surface area contributed by atoms with Crippen LogP contribution in [0.5, 0.6) is 0 Å². The lowest BCUT2D eigenvalue weighted by atomic mass is 9.95. The number of likely N-dealkylation sites (tertiary alicyclic amines) is 1. The van der Waals surface area contributed by atoms with Crippen molar-refractivity contribution in [2.75, 3.05) is 11.4 Å². The van der Waals surface area contributed by atoms with Crippen LogP contribution in [0, 0.1) is 0 Å². The summed E-state index contributed by atoms with van der Waals surface area (Å²) in [4.78, 5) is 28.9. The molecule has 0 aliphatic carbocycles. The normalized spacial score (nSPS) is 23.9. The Balaban J connectivity index is 1.62. The quantitative estimate of drug-likeness (QED) is 0.857. The topological polar surface area (TPSA) is 53.8 Å². The maximum atomic E-state index is 12.7. The number of furan rings is 1. The van der Waals surface area contributed by atoms with Gasteiger partial charge < -0.3 is 14.2 Å². The highest BCUT2D eigenvalue weighted by Gasteiger charge is 2.45. The van der Waals surface area contributed by atoms with E-state index in [0.717, 1.165) is 18.5 Å². The van der Waals surface area contributed by atoms with Crippen molar-refractivity contribution in [3.63, 3.8) is 0 Å². The summed E-state index contributed by atoms with van der Waals surface area (Å²) in [6, 6.07) is 11.6. The van der Waals surface area contributed by atoms with Gasteiger partial charge in [-0.05, 0) is 31.0 Å². The molecule has 0 bridgehead atoms. The first-order valence-corrected chi connectivity index (χ1v) is 7.96. The lowest BCUT2D eigenvalue weighted by Crippen LogP contribution is -2.53. The number of rotatable bonds is 2. The summed E-state index contributed by atoms with van der Waals surface area (Å²) in [5.41, 5.74) is 1.50. The third-order valence-electron chi connectivity index (χ3n) is 4.83. The first-order chi connectivity index (χ1) is 11.3. The Morgan fingerprint density at radius 2 is 1.91 bits per heavy atom. The molecule has 2 atom stereocenters.